The van der Waals surface area contributed by atoms with Crippen LogP contribution in [0.2, 0.25) is 0 Å². The first-order valence-corrected chi connectivity index (χ1v) is 9.57. The molecule has 1 aliphatic carbocycles. The zero-order valence-electron chi connectivity index (χ0n) is 17.4. The van der Waals surface area contributed by atoms with Crippen LogP contribution in [0.15, 0.2) is 47.9 Å². The van der Waals surface area contributed by atoms with Gasteiger partial charge >= 0.3 is 0 Å². The Balaban J connectivity index is 1.59. The highest BCUT2D eigenvalue weighted by Crippen LogP contribution is 2.40. The minimum Gasteiger partial charge on any atom is -0.493 e. The van der Waals surface area contributed by atoms with Crippen LogP contribution in [-0.2, 0) is 6.42 Å². The lowest BCUT2D eigenvalue weighted by atomic mass is 10.1. The van der Waals surface area contributed by atoms with E-state index in [1.807, 2.05) is 18.2 Å². The van der Waals surface area contributed by atoms with Gasteiger partial charge in [0.05, 0.1) is 39.4 Å². The minimum absolute atomic E-state index is 0.334. The van der Waals surface area contributed by atoms with Crippen LogP contribution in [0.1, 0.15) is 17.5 Å². The molecule has 9 heteroatoms. The minimum atomic E-state index is 0.334. The first-order chi connectivity index (χ1) is 15.2. The van der Waals surface area contributed by atoms with E-state index in [9.17, 15) is 0 Å². The fraction of sp³-hybridized carbons (Fsp3) is 0.227. The van der Waals surface area contributed by atoms with Crippen LogP contribution in [0.25, 0.3) is 0 Å². The van der Waals surface area contributed by atoms with Gasteiger partial charge in [-0.25, -0.2) is 0 Å². The number of fused-ring (bicyclic) bond motifs is 1. The van der Waals surface area contributed by atoms with Crippen LogP contribution in [0.4, 0.5) is 11.5 Å². The Morgan fingerprint density at radius 1 is 0.968 bits per heavy atom. The van der Waals surface area contributed by atoms with E-state index < -0.39 is 0 Å². The van der Waals surface area contributed by atoms with Crippen LogP contribution in [0.3, 0.4) is 0 Å². The molecule has 0 fully saturated rings. The quantitative estimate of drug-likeness (QED) is 0.432. The summed E-state index contributed by atoms with van der Waals surface area (Å²) in [6.07, 6.45) is 4.53. The third-order valence-electron chi connectivity index (χ3n) is 4.94. The van der Waals surface area contributed by atoms with Gasteiger partial charge in [0.15, 0.2) is 17.3 Å². The van der Waals surface area contributed by atoms with E-state index in [2.05, 4.69) is 20.4 Å². The van der Waals surface area contributed by atoms with Gasteiger partial charge in [0.1, 0.15) is 5.75 Å². The fourth-order valence-corrected chi connectivity index (χ4v) is 3.54. The van der Waals surface area contributed by atoms with E-state index in [4.69, 9.17) is 24.2 Å². The molecule has 31 heavy (non-hydrogen) atoms. The van der Waals surface area contributed by atoms with Crippen molar-refractivity contribution in [3.8, 4) is 28.9 Å². The van der Waals surface area contributed by atoms with Gasteiger partial charge < -0.3 is 29.5 Å². The number of ether oxygens (including phenoxy) is 4. The molecule has 9 nitrogen and oxygen atoms in total. The molecule has 1 aromatic heterocycles. The highest BCUT2D eigenvalue weighted by Gasteiger charge is 2.22. The molecule has 2 aromatic carbocycles. The van der Waals surface area contributed by atoms with E-state index in [1.54, 1.807) is 39.7 Å². The van der Waals surface area contributed by atoms with Gasteiger partial charge in [-0.3, -0.25) is 4.98 Å². The summed E-state index contributed by atoms with van der Waals surface area (Å²) in [4.78, 5) is 8.71. The van der Waals surface area contributed by atoms with Crippen molar-refractivity contribution in [2.75, 3.05) is 26.6 Å². The average molecular weight is 422 g/mol. The Hall–Kier alpha value is -4.01. The predicted molar refractivity (Wildman–Crippen MR) is 115 cm³/mol. The maximum atomic E-state index is 9.17. The maximum absolute atomic E-state index is 9.17. The molecule has 0 aliphatic heterocycles. The summed E-state index contributed by atoms with van der Waals surface area (Å²) < 4.78 is 22.1. The van der Waals surface area contributed by atoms with Crippen molar-refractivity contribution in [1.82, 2.24) is 9.97 Å². The monoisotopic (exact) mass is 422 g/mol. The molecule has 1 aliphatic rings. The van der Waals surface area contributed by atoms with Crippen molar-refractivity contribution in [3.63, 3.8) is 0 Å². The Kier molecular flexibility index (Phi) is 5.74. The molecule has 0 amide bonds. The smallest absolute Gasteiger partial charge is 0.239 e. The molecule has 0 bridgehead atoms. The first-order valence-electron chi connectivity index (χ1n) is 9.57. The number of methoxy groups -OCH3 is 3. The predicted octanol–water partition coefficient (Wildman–Crippen LogP) is 4.16. The molecule has 2 N–H and O–H groups in total. The molecule has 0 unspecified atom stereocenters. The third kappa shape index (κ3) is 4.02. The zero-order chi connectivity index (χ0) is 21.8. The van der Waals surface area contributed by atoms with E-state index in [1.165, 1.54) is 6.20 Å². The number of benzene rings is 2. The van der Waals surface area contributed by atoms with E-state index in [0.29, 0.717) is 52.5 Å². The molecule has 0 spiro atoms. The SMILES string of the molecule is COc1cc(Nc2cncc(Oc3cccc4c3CC/C4=N\O)n2)cc(OC)c1OC. The summed E-state index contributed by atoms with van der Waals surface area (Å²) >= 11 is 0. The van der Waals surface area contributed by atoms with Crippen molar-refractivity contribution in [1.29, 1.82) is 0 Å². The number of anilines is 2. The number of nitrogens with one attached hydrogen (secondary N) is 1. The zero-order valence-corrected chi connectivity index (χ0v) is 17.4. The van der Waals surface area contributed by atoms with Gasteiger partial charge in [0.2, 0.25) is 11.6 Å². The molecule has 1 heterocycles. The lowest BCUT2D eigenvalue weighted by Gasteiger charge is -2.15. The molecule has 3 aromatic rings. The standard InChI is InChI=1S/C22H22N4O5/c1-28-18-9-13(10-19(29-2)22(18)30-3)24-20-11-23-12-21(25-20)31-17-6-4-5-14-15(17)7-8-16(14)26-27/h4-6,9-12,27H,7-8H2,1-3H3,(H,24,25)/b26-16+. The highest BCUT2D eigenvalue weighted by atomic mass is 16.5. The third-order valence-corrected chi connectivity index (χ3v) is 4.94. The molecule has 0 saturated carbocycles. The van der Waals surface area contributed by atoms with Crippen LogP contribution in [0.5, 0.6) is 28.9 Å². The second-order valence-corrected chi connectivity index (χ2v) is 6.71. The van der Waals surface area contributed by atoms with Crippen molar-refractivity contribution in [2.24, 2.45) is 5.16 Å². The van der Waals surface area contributed by atoms with Gasteiger partial charge in [-0.15, -0.1) is 0 Å². The average Bonchev–Trinajstić information content (AvgIpc) is 3.23. The number of rotatable bonds is 7. The van der Waals surface area contributed by atoms with Crippen LogP contribution < -0.4 is 24.3 Å². The molecular formula is C22H22N4O5. The second-order valence-electron chi connectivity index (χ2n) is 6.71. The summed E-state index contributed by atoms with van der Waals surface area (Å²) in [5.41, 5.74) is 3.22. The van der Waals surface area contributed by atoms with Gasteiger partial charge in [-0.2, -0.15) is 4.98 Å². The van der Waals surface area contributed by atoms with Crippen molar-refractivity contribution < 1.29 is 24.2 Å². The molecule has 160 valence electrons. The highest BCUT2D eigenvalue weighted by molar-refractivity contribution is 6.04. The van der Waals surface area contributed by atoms with Gasteiger partial charge in [0.25, 0.3) is 0 Å². The van der Waals surface area contributed by atoms with Crippen molar-refractivity contribution in [2.45, 2.75) is 12.8 Å². The number of hydrogen-bond acceptors (Lipinski definition) is 9. The molecule has 0 atom stereocenters. The normalized spacial score (nSPS) is 13.6. The topological polar surface area (TPSA) is 107 Å². The second kappa shape index (κ2) is 8.78. The Bertz CT molecular complexity index is 1110. The number of nitrogens with zero attached hydrogens (tertiary/aromatic N) is 3. The van der Waals surface area contributed by atoms with Gasteiger partial charge in [-0.05, 0) is 18.9 Å². The molecule has 0 radical (unpaired) electrons. The Morgan fingerprint density at radius 3 is 2.42 bits per heavy atom. The number of hydrogen-bond donors (Lipinski definition) is 2. The van der Waals surface area contributed by atoms with Crippen LogP contribution in [0, 0.1) is 0 Å². The summed E-state index contributed by atoms with van der Waals surface area (Å²) in [5.74, 6) is 3.02. The number of oxime groups is 1. The molecule has 0 saturated heterocycles. The van der Waals surface area contributed by atoms with Gasteiger partial charge in [-0.1, -0.05) is 17.3 Å². The lowest BCUT2D eigenvalue weighted by molar-refractivity contribution is 0.318. The summed E-state index contributed by atoms with van der Waals surface area (Å²) in [5, 5.41) is 15.7. The largest absolute Gasteiger partial charge is 0.493 e. The molecule has 4 rings (SSSR count). The van der Waals surface area contributed by atoms with Crippen LogP contribution in [-0.4, -0.2) is 42.2 Å². The Labute approximate surface area is 179 Å². The molecular weight excluding hydrogens is 400 g/mol. The number of aromatic nitrogens is 2. The van der Waals surface area contributed by atoms with Crippen molar-refractivity contribution >= 4 is 17.2 Å². The van der Waals surface area contributed by atoms with E-state index in [-0.39, 0.29) is 0 Å². The van der Waals surface area contributed by atoms with E-state index in [0.717, 1.165) is 17.5 Å². The van der Waals surface area contributed by atoms with Crippen LogP contribution >= 0.6 is 0 Å². The van der Waals surface area contributed by atoms with Crippen molar-refractivity contribution in [3.05, 3.63) is 53.9 Å². The summed E-state index contributed by atoms with van der Waals surface area (Å²) in [6, 6.07) is 9.18. The van der Waals surface area contributed by atoms with Gasteiger partial charge in [0, 0.05) is 28.9 Å². The van der Waals surface area contributed by atoms with E-state index >= 15 is 0 Å². The first kappa shape index (κ1) is 20.3. The fourth-order valence-electron chi connectivity index (χ4n) is 3.54. The lowest BCUT2D eigenvalue weighted by Crippen LogP contribution is -2.00. The Morgan fingerprint density at radius 2 is 1.74 bits per heavy atom. The summed E-state index contributed by atoms with van der Waals surface area (Å²) in [6.45, 7) is 0. The maximum Gasteiger partial charge on any atom is 0.239 e. The summed E-state index contributed by atoms with van der Waals surface area (Å²) in [7, 11) is 4.66.